The summed E-state index contributed by atoms with van der Waals surface area (Å²) in [6.07, 6.45) is 9.36. The average Bonchev–Trinajstić information content (AvgIpc) is 2.87. The molecule has 0 amide bonds. The molecule has 0 saturated carbocycles. The maximum Gasteiger partial charge on any atom is 0.0946 e. The van der Waals surface area contributed by atoms with E-state index in [2.05, 4.69) is 40.6 Å². The van der Waals surface area contributed by atoms with Gasteiger partial charge < -0.3 is 9.88 Å². The topological polar surface area (TPSA) is 42.7 Å². The van der Waals surface area contributed by atoms with E-state index in [1.54, 1.807) is 0 Å². The lowest BCUT2D eigenvalue weighted by atomic mass is 9.86. The Bertz CT molecular complexity index is 471. The Kier molecular flexibility index (Phi) is 4.32. The molecule has 0 saturated heterocycles. The summed E-state index contributed by atoms with van der Waals surface area (Å²) in [7, 11) is 0. The first-order valence-corrected chi connectivity index (χ1v) is 6.64. The van der Waals surface area contributed by atoms with Crippen LogP contribution in [0.1, 0.15) is 26.3 Å². The molecule has 0 aliphatic rings. The highest BCUT2D eigenvalue weighted by molar-refractivity contribution is 5.09. The predicted octanol–water partition coefficient (Wildman–Crippen LogP) is 2.48. The largest absolute Gasteiger partial charge is 0.336 e. The molecule has 0 aliphatic carbocycles. The van der Waals surface area contributed by atoms with Crippen LogP contribution in [0.5, 0.6) is 0 Å². The second-order valence-electron chi connectivity index (χ2n) is 5.91. The SMILES string of the molecule is CC(C)(C)C(Cn1ccnc1)NCc1ccncc1. The minimum atomic E-state index is 0.192. The molecule has 0 bridgehead atoms. The molecule has 2 heterocycles. The summed E-state index contributed by atoms with van der Waals surface area (Å²) in [6.45, 7) is 8.56. The van der Waals surface area contributed by atoms with Crippen molar-refractivity contribution in [3.8, 4) is 0 Å². The number of nitrogens with zero attached hydrogens (tertiary/aromatic N) is 3. The molecule has 0 radical (unpaired) electrons. The number of imidazole rings is 1. The molecule has 1 unspecified atom stereocenters. The molecule has 4 heteroatoms. The van der Waals surface area contributed by atoms with E-state index < -0.39 is 0 Å². The summed E-state index contributed by atoms with van der Waals surface area (Å²) in [5.41, 5.74) is 1.45. The van der Waals surface area contributed by atoms with Gasteiger partial charge in [0.25, 0.3) is 0 Å². The van der Waals surface area contributed by atoms with Crippen molar-refractivity contribution in [3.05, 3.63) is 48.8 Å². The predicted molar refractivity (Wildman–Crippen MR) is 76.5 cm³/mol. The Morgan fingerprint density at radius 3 is 2.47 bits per heavy atom. The molecule has 1 N–H and O–H groups in total. The molecule has 0 spiro atoms. The number of hydrogen-bond donors (Lipinski definition) is 1. The van der Waals surface area contributed by atoms with Gasteiger partial charge in [0.2, 0.25) is 0 Å². The van der Waals surface area contributed by atoms with E-state index in [9.17, 15) is 0 Å². The van der Waals surface area contributed by atoms with E-state index >= 15 is 0 Å². The number of aromatic nitrogens is 3. The minimum absolute atomic E-state index is 0.192. The van der Waals surface area contributed by atoms with Crippen molar-refractivity contribution in [1.82, 2.24) is 19.9 Å². The average molecular weight is 258 g/mol. The molecular weight excluding hydrogens is 236 g/mol. The number of hydrogen-bond acceptors (Lipinski definition) is 3. The maximum absolute atomic E-state index is 4.10. The summed E-state index contributed by atoms with van der Waals surface area (Å²) in [5, 5.41) is 3.64. The molecule has 0 aromatic carbocycles. The van der Waals surface area contributed by atoms with Crippen molar-refractivity contribution in [3.63, 3.8) is 0 Å². The van der Waals surface area contributed by atoms with Crippen LogP contribution in [0.4, 0.5) is 0 Å². The molecular formula is C15H22N4. The first-order valence-electron chi connectivity index (χ1n) is 6.64. The van der Waals surface area contributed by atoms with Crippen LogP contribution in [0, 0.1) is 5.41 Å². The van der Waals surface area contributed by atoms with Crippen LogP contribution in [0.3, 0.4) is 0 Å². The van der Waals surface area contributed by atoms with Gasteiger partial charge in [-0.1, -0.05) is 20.8 Å². The summed E-state index contributed by atoms with van der Waals surface area (Å²) < 4.78 is 2.12. The molecule has 0 aliphatic heterocycles. The van der Waals surface area contributed by atoms with Gasteiger partial charge >= 0.3 is 0 Å². The van der Waals surface area contributed by atoms with Crippen molar-refractivity contribution < 1.29 is 0 Å². The Hall–Kier alpha value is -1.68. The Labute approximate surface area is 114 Å². The van der Waals surface area contributed by atoms with Crippen molar-refractivity contribution in [2.24, 2.45) is 5.41 Å². The van der Waals surface area contributed by atoms with Crippen LogP contribution in [-0.4, -0.2) is 20.6 Å². The van der Waals surface area contributed by atoms with Crippen LogP contribution < -0.4 is 5.32 Å². The zero-order valence-corrected chi connectivity index (χ0v) is 11.9. The van der Waals surface area contributed by atoms with Gasteiger partial charge in [-0.05, 0) is 23.1 Å². The van der Waals surface area contributed by atoms with Gasteiger partial charge in [-0.25, -0.2) is 4.98 Å². The fourth-order valence-corrected chi connectivity index (χ4v) is 1.99. The third-order valence-corrected chi connectivity index (χ3v) is 3.30. The van der Waals surface area contributed by atoms with Gasteiger partial charge in [0, 0.05) is 43.9 Å². The molecule has 2 aromatic rings. The number of nitrogens with one attached hydrogen (secondary N) is 1. The smallest absolute Gasteiger partial charge is 0.0946 e. The minimum Gasteiger partial charge on any atom is -0.336 e. The zero-order chi connectivity index (χ0) is 13.7. The van der Waals surface area contributed by atoms with Crippen LogP contribution in [0.2, 0.25) is 0 Å². The molecule has 2 aromatic heterocycles. The molecule has 102 valence electrons. The fourth-order valence-electron chi connectivity index (χ4n) is 1.99. The summed E-state index contributed by atoms with van der Waals surface area (Å²) in [5.74, 6) is 0. The standard InChI is InChI=1S/C15H22N4/c1-15(2,3)14(11-19-9-8-17-12-19)18-10-13-4-6-16-7-5-13/h4-9,12,14,18H,10-11H2,1-3H3. The third-order valence-electron chi connectivity index (χ3n) is 3.30. The molecule has 0 fully saturated rings. The number of pyridine rings is 1. The third kappa shape index (κ3) is 4.17. The Morgan fingerprint density at radius 2 is 1.89 bits per heavy atom. The van der Waals surface area contributed by atoms with E-state index in [-0.39, 0.29) is 5.41 Å². The van der Waals surface area contributed by atoms with E-state index in [0.717, 1.165) is 13.1 Å². The van der Waals surface area contributed by atoms with Crippen molar-refractivity contribution in [2.45, 2.75) is 39.9 Å². The van der Waals surface area contributed by atoms with E-state index in [4.69, 9.17) is 0 Å². The summed E-state index contributed by atoms with van der Waals surface area (Å²) >= 11 is 0. The fraction of sp³-hybridized carbons (Fsp3) is 0.467. The van der Waals surface area contributed by atoms with Crippen molar-refractivity contribution in [2.75, 3.05) is 0 Å². The highest BCUT2D eigenvalue weighted by atomic mass is 15.1. The Balaban J connectivity index is 1.99. The lowest BCUT2D eigenvalue weighted by Crippen LogP contribution is -2.42. The van der Waals surface area contributed by atoms with E-state index in [1.165, 1.54) is 5.56 Å². The quantitative estimate of drug-likeness (QED) is 0.896. The van der Waals surface area contributed by atoms with Crippen molar-refractivity contribution >= 4 is 0 Å². The summed E-state index contributed by atoms with van der Waals surface area (Å²) in [4.78, 5) is 8.14. The highest BCUT2D eigenvalue weighted by Gasteiger charge is 2.24. The molecule has 2 rings (SSSR count). The second-order valence-corrected chi connectivity index (χ2v) is 5.91. The zero-order valence-electron chi connectivity index (χ0n) is 11.9. The Morgan fingerprint density at radius 1 is 1.16 bits per heavy atom. The monoisotopic (exact) mass is 258 g/mol. The van der Waals surface area contributed by atoms with E-state index in [0.29, 0.717) is 6.04 Å². The van der Waals surface area contributed by atoms with Crippen LogP contribution in [0.15, 0.2) is 43.2 Å². The van der Waals surface area contributed by atoms with Gasteiger partial charge in [0.1, 0.15) is 0 Å². The van der Waals surface area contributed by atoms with Crippen LogP contribution >= 0.6 is 0 Å². The lowest BCUT2D eigenvalue weighted by Gasteiger charge is -2.32. The van der Waals surface area contributed by atoms with Gasteiger partial charge in [-0.3, -0.25) is 4.98 Å². The second kappa shape index (κ2) is 5.97. The maximum atomic E-state index is 4.10. The molecule has 1 atom stereocenters. The lowest BCUT2D eigenvalue weighted by molar-refractivity contribution is 0.240. The van der Waals surface area contributed by atoms with Gasteiger partial charge in [0.05, 0.1) is 6.33 Å². The molecule has 4 nitrogen and oxygen atoms in total. The van der Waals surface area contributed by atoms with Gasteiger partial charge in [-0.15, -0.1) is 0 Å². The first kappa shape index (κ1) is 13.7. The van der Waals surface area contributed by atoms with Crippen molar-refractivity contribution in [1.29, 1.82) is 0 Å². The highest BCUT2D eigenvalue weighted by Crippen LogP contribution is 2.21. The number of rotatable bonds is 5. The normalized spacial score (nSPS) is 13.4. The van der Waals surface area contributed by atoms with Crippen LogP contribution in [-0.2, 0) is 13.1 Å². The van der Waals surface area contributed by atoms with E-state index in [1.807, 2.05) is 43.2 Å². The summed E-state index contributed by atoms with van der Waals surface area (Å²) in [6, 6.07) is 4.48. The van der Waals surface area contributed by atoms with Gasteiger partial charge in [-0.2, -0.15) is 0 Å². The molecule has 19 heavy (non-hydrogen) atoms. The van der Waals surface area contributed by atoms with Gasteiger partial charge in [0.15, 0.2) is 0 Å². The van der Waals surface area contributed by atoms with Crippen LogP contribution in [0.25, 0.3) is 0 Å². The first-order chi connectivity index (χ1) is 9.05.